The van der Waals surface area contributed by atoms with E-state index in [1.807, 2.05) is 12.1 Å². The van der Waals surface area contributed by atoms with E-state index in [4.69, 9.17) is 27.9 Å². The fourth-order valence-corrected chi connectivity index (χ4v) is 5.80. The summed E-state index contributed by atoms with van der Waals surface area (Å²) in [5, 5.41) is 11.3. The Labute approximate surface area is 279 Å². The minimum absolute atomic E-state index is 0.00239. The molecule has 0 saturated carbocycles. The van der Waals surface area contributed by atoms with Gasteiger partial charge in [0.25, 0.3) is 17.4 Å². The number of nitrogens with zero attached hydrogens (tertiary/aromatic N) is 4. The van der Waals surface area contributed by atoms with Gasteiger partial charge in [0.2, 0.25) is 0 Å². The van der Waals surface area contributed by atoms with Crippen molar-refractivity contribution in [1.29, 1.82) is 0 Å². The van der Waals surface area contributed by atoms with Crippen LogP contribution in [0, 0.1) is 0 Å². The van der Waals surface area contributed by atoms with Crippen molar-refractivity contribution in [2.75, 3.05) is 25.5 Å². The number of halogens is 2. The molecule has 11 nitrogen and oxygen atoms in total. The molecular weight excluding hydrogens is 643 g/mol. The zero-order valence-electron chi connectivity index (χ0n) is 25.5. The number of carbonyl (C=O) groups is 3. The number of ether oxygens (including phenoxy) is 1. The van der Waals surface area contributed by atoms with Crippen LogP contribution in [-0.2, 0) is 24.3 Å². The molecule has 2 aromatic heterocycles. The maximum Gasteiger partial charge on any atom is 0.261 e. The summed E-state index contributed by atoms with van der Waals surface area (Å²) < 4.78 is 8.74. The van der Waals surface area contributed by atoms with Crippen LogP contribution in [0.25, 0.3) is 11.3 Å². The number of ketones is 1. The third kappa shape index (κ3) is 6.45. The molecule has 0 bridgehead atoms. The Morgan fingerprint density at radius 1 is 0.957 bits per heavy atom. The van der Waals surface area contributed by atoms with E-state index in [1.54, 1.807) is 75.8 Å². The Morgan fingerprint density at radius 2 is 1.68 bits per heavy atom. The Morgan fingerprint density at radius 3 is 2.36 bits per heavy atom. The molecule has 5 aromatic rings. The number of aromatic nitrogens is 3. The quantitative estimate of drug-likeness (QED) is 0.227. The van der Waals surface area contributed by atoms with Gasteiger partial charge in [0, 0.05) is 36.8 Å². The lowest BCUT2D eigenvalue weighted by Crippen LogP contribution is -2.41. The number of amides is 2. The van der Waals surface area contributed by atoms with Crippen LogP contribution in [0.4, 0.5) is 5.69 Å². The maximum atomic E-state index is 14.2. The lowest BCUT2D eigenvalue weighted by atomic mass is 10.0. The van der Waals surface area contributed by atoms with Gasteiger partial charge in [-0.3, -0.25) is 23.7 Å². The number of carbonyl (C=O) groups excluding carboxylic acids is 3. The monoisotopic (exact) mass is 672 g/mol. The van der Waals surface area contributed by atoms with E-state index in [0.29, 0.717) is 69.7 Å². The van der Waals surface area contributed by atoms with Crippen LogP contribution in [0.15, 0.2) is 77.7 Å². The number of anilines is 1. The van der Waals surface area contributed by atoms with Crippen LogP contribution in [0.3, 0.4) is 0 Å². The van der Waals surface area contributed by atoms with Gasteiger partial charge in [0.1, 0.15) is 12.4 Å². The summed E-state index contributed by atoms with van der Waals surface area (Å²) in [5.74, 6) is 0.0379. The van der Waals surface area contributed by atoms with Crippen molar-refractivity contribution in [3.05, 3.63) is 121 Å². The number of hydrogen-bond acceptors (Lipinski definition) is 7. The molecule has 0 atom stereocenters. The first-order chi connectivity index (χ1) is 22.6. The third-order valence-corrected chi connectivity index (χ3v) is 8.65. The number of hydrogen-bond donors (Lipinski definition) is 2. The Kier molecular flexibility index (Phi) is 9.01. The number of rotatable bonds is 9. The van der Waals surface area contributed by atoms with Crippen LogP contribution in [0.1, 0.15) is 44.5 Å². The van der Waals surface area contributed by atoms with E-state index in [1.165, 1.54) is 13.0 Å². The molecule has 3 aromatic carbocycles. The topological polar surface area (TPSA) is 127 Å². The van der Waals surface area contributed by atoms with E-state index < -0.39 is 0 Å². The van der Waals surface area contributed by atoms with Crippen molar-refractivity contribution in [3.8, 4) is 11.4 Å². The van der Waals surface area contributed by atoms with Crippen LogP contribution in [0.5, 0.6) is 5.75 Å². The summed E-state index contributed by atoms with van der Waals surface area (Å²) >= 11 is 12.3. The van der Waals surface area contributed by atoms with Gasteiger partial charge in [-0.1, -0.05) is 35.3 Å². The van der Waals surface area contributed by atoms with Crippen molar-refractivity contribution in [2.45, 2.75) is 26.4 Å². The predicted octanol–water partition coefficient (Wildman–Crippen LogP) is 4.93. The molecule has 240 valence electrons. The SMILES string of the molecule is CNC(=O)c1ccc(-n2c(=O)c3c(n4ncc(NCc5ccc(OCC(C)=O)cc5)c24)CN(C(=O)c2ccc(Cl)c(Cl)c2)CC3)cc1. The molecule has 0 radical (unpaired) electrons. The summed E-state index contributed by atoms with van der Waals surface area (Å²) in [6.45, 7) is 2.34. The summed E-state index contributed by atoms with van der Waals surface area (Å²) in [4.78, 5) is 52.9. The van der Waals surface area contributed by atoms with Crippen molar-refractivity contribution in [2.24, 2.45) is 0 Å². The summed E-state index contributed by atoms with van der Waals surface area (Å²) in [5.41, 5.74) is 4.31. The smallest absolute Gasteiger partial charge is 0.261 e. The highest BCUT2D eigenvalue weighted by Crippen LogP contribution is 2.28. The minimum Gasteiger partial charge on any atom is -0.486 e. The third-order valence-electron chi connectivity index (χ3n) is 7.91. The van der Waals surface area contributed by atoms with E-state index in [-0.39, 0.29) is 41.3 Å². The van der Waals surface area contributed by atoms with Crippen LogP contribution >= 0.6 is 23.2 Å². The van der Waals surface area contributed by atoms with Gasteiger partial charge in [-0.2, -0.15) is 5.10 Å². The van der Waals surface area contributed by atoms with Gasteiger partial charge in [0.05, 0.1) is 39.9 Å². The van der Waals surface area contributed by atoms with Gasteiger partial charge in [-0.15, -0.1) is 0 Å². The Balaban J connectivity index is 1.38. The summed E-state index contributed by atoms with van der Waals surface area (Å²) in [7, 11) is 1.56. The standard InChI is InChI=1S/C34H30Cl2N6O5/c1-20(43)19-47-25-10-3-21(4-11-25)16-38-29-17-39-42-30-18-40(33(45)23-7-12-27(35)28(36)15-23)14-13-26(30)34(46)41(32(29)42)24-8-5-22(6-9-24)31(44)37-2/h3-12,15,17,38H,13-14,16,18-19H2,1-2H3,(H,37,44). The average Bonchev–Trinajstić information content (AvgIpc) is 3.51. The molecule has 13 heteroatoms. The molecule has 1 aliphatic heterocycles. The molecule has 0 spiro atoms. The molecule has 1 aliphatic rings. The van der Waals surface area contributed by atoms with E-state index in [2.05, 4.69) is 15.7 Å². The highest BCUT2D eigenvalue weighted by atomic mass is 35.5. The van der Waals surface area contributed by atoms with Crippen molar-refractivity contribution >= 4 is 52.1 Å². The van der Waals surface area contributed by atoms with Crippen LogP contribution < -0.4 is 20.9 Å². The fourth-order valence-electron chi connectivity index (χ4n) is 5.50. The lowest BCUT2D eigenvalue weighted by molar-refractivity contribution is -0.118. The number of nitrogens with one attached hydrogen (secondary N) is 2. The molecule has 2 N–H and O–H groups in total. The largest absolute Gasteiger partial charge is 0.486 e. The first-order valence-corrected chi connectivity index (χ1v) is 15.6. The predicted molar refractivity (Wildman–Crippen MR) is 179 cm³/mol. The van der Waals surface area contributed by atoms with Crippen molar-refractivity contribution < 1.29 is 19.1 Å². The highest BCUT2D eigenvalue weighted by Gasteiger charge is 2.29. The van der Waals surface area contributed by atoms with Gasteiger partial charge in [-0.05, 0) is 73.5 Å². The molecule has 0 fully saturated rings. The summed E-state index contributed by atoms with van der Waals surface area (Å²) in [6, 6.07) is 18.8. The first kappa shape index (κ1) is 31.8. The van der Waals surface area contributed by atoms with Gasteiger partial charge >= 0.3 is 0 Å². The second kappa shape index (κ2) is 13.3. The second-order valence-corrected chi connectivity index (χ2v) is 11.9. The fraction of sp³-hybridized carbons (Fsp3) is 0.206. The molecule has 2 amide bonds. The number of fused-ring (bicyclic) bond motifs is 3. The van der Waals surface area contributed by atoms with Crippen molar-refractivity contribution in [3.63, 3.8) is 0 Å². The molecule has 6 rings (SSSR count). The summed E-state index contributed by atoms with van der Waals surface area (Å²) in [6.07, 6.45) is 1.96. The lowest BCUT2D eigenvalue weighted by Gasteiger charge is -2.29. The molecular formula is C34H30Cl2N6O5. The zero-order chi connectivity index (χ0) is 33.2. The van der Waals surface area contributed by atoms with Gasteiger partial charge < -0.3 is 20.3 Å². The Hall–Kier alpha value is -5.13. The molecule has 3 heterocycles. The normalized spacial score (nSPS) is 12.5. The maximum absolute atomic E-state index is 14.2. The minimum atomic E-state index is -0.240. The molecule has 0 saturated heterocycles. The number of Topliss-reactive ketones (excluding diaryl/α,β-unsaturated/α-hetero) is 1. The van der Waals surface area contributed by atoms with E-state index in [9.17, 15) is 19.2 Å². The highest BCUT2D eigenvalue weighted by molar-refractivity contribution is 6.42. The molecule has 47 heavy (non-hydrogen) atoms. The zero-order valence-corrected chi connectivity index (χ0v) is 27.1. The van der Waals surface area contributed by atoms with Gasteiger partial charge in [-0.25, -0.2) is 4.52 Å². The van der Waals surface area contributed by atoms with E-state index in [0.717, 1.165) is 5.56 Å². The van der Waals surface area contributed by atoms with Gasteiger partial charge in [0.15, 0.2) is 11.4 Å². The second-order valence-electron chi connectivity index (χ2n) is 11.1. The van der Waals surface area contributed by atoms with Crippen LogP contribution in [0.2, 0.25) is 10.0 Å². The van der Waals surface area contributed by atoms with Crippen molar-refractivity contribution in [1.82, 2.24) is 24.4 Å². The first-order valence-electron chi connectivity index (χ1n) is 14.8. The molecule has 0 unspecified atom stereocenters. The van der Waals surface area contributed by atoms with E-state index >= 15 is 0 Å². The van der Waals surface area contributed by atoms with Crippen LogP contribution in [-0.4, -0.2) is 56.9 Å². The molecule has 0 aliphatic carbocycles. The number of benzene rings is 3. The average molecular weight is 674 g/mol. The Bertz CT molecular complexity index is 2070.